The molecule has 1 amide bonds. The number of amides is 1. The summed E-state index contributed by atoms with van der Waals surface area (Å²) in [5, 5.41) is 14.4. The first kappa shape index (κ1) is 22.1. The van der Waals surface area contributed by atoms with Crippen LogP contribution in [0.25, 0.3) is 0 Å². The second-order valence-electron chi connectivity index (χ2n) is 6.01. The largest absolute Gasteiger partial charge is 0.497 e. The highest BCUT2D eigenvalue weighted by Gasteiger charge is 2.21. The molecule has 0 aliphatic rings. The molecule has 0 bridgehead atoms. The number of sulfonamides is 1. The predicted octanol–water partition coefficient (Wildman–Crippen LogP) is 1.60. The standard InChI is InChI=1S/C19H21FN4O4S/c1-13(24-29(26,27)15-8-6-14(28-2)7-9-15)19(25)23-11-10-22-18-5-3-4-17(20)16(18)12-21/h3-9,13,22,24H,10-11H2,1-2H3,(H,23,25)/t13-/m0/s1. The van der Waals surface area contributed by atoms with Crippen molar-refractivity contribution in [2.75, 3.05) is 25.5 Å². The van der Waals surface area contributed by atoms with Crippen molar-refractivity contribution in [1.29, 1.82) is 5.26 Å². The van der Waals surface area contributed by atoms with Crippen LogP contribution in [0.4, 0.5) is 10.1 Å². The van der Waals surface area contributed by atoms with Crippen molar-refractivity contribution in [2.24, 2.45) is 0 Å². The van der Waals surface area contributed by atoms with Crippen LogP contribution in [0.15, 0.2) is 47.4 Å². The molecule has 0 aliphatic carbocycles. The van der Waals surface area contributed by atoms with Crippen molar-refractivity contribution in [3.63, 3.8) is 0 Å². The maximum atomic E-state index is 13.5. The van der Waals surface area contributed by atoms with Gasteiger partial charge in [0.2, 0.25) is 15.9 Å². The first-order chi connectivity index (χ1) is 13.8. The summed E-state index contributed by atoms with van der Waals surface area (Å²) in [6.07, 6.45) is 0. The van der Waals surface area contributed by atoms with Crippen LogP contribution in [0.5, 0.6) is 5.75 Å². The highest BCUT2D eigenvalue weighted by molar-refractivity contribution is 7.89. The van der Waals surface area contributed by atoms with Gasteiger partial charge in [-0.15, -0.1) is 0 Å². The van der Waals surface area contributed by atoms with Crippen LogP contribution in [0.1, 0.15) is 12.5 Å². The lowest BCUT2D eigenvalue weighted by molar-refractivity contribution is -0.122. The van der Waals surface area contributed by atoms with Gasteiger partial charge in [-0.1, -0.05) is 6.07 Å². The lowest BCUT2D eigenvalue weighted by Gasteiger charge is -2.15. The summed E-state index contributed by atoms with van der Waals surface area (Å²) < 4.78 is 45.5. The normalized spacial score (nSPS) is 11.9. The summed E-state index contributed by atoms with van der Waals surface area (Å²) in [5.41, 5.74) is 0.203. The number of benzene rings is 2. The van der Waals surface area contributed by atoms with Crippen LogP contribution in [-0.2, 0) is 14.8 Å². The molecule has 0 aromatic heterocycles. The first-order valence-electron chi connectivity index (χ1n) is 8.65. The van der Waals surface area contributed by atoms with E-state index >= 15 is 0 Å². The van der Waals surface area contributed by atoms with Crippen molar-refractivity contribution in [2.45, 2.75) is 17.9 Å². The van der Waals surface area contributed by atoms with Gasteiger partial charge >= 0.3 is 0 Å². The van der Waals surface area contributed by atoms with Gasteiger partial charge in [0.15, 0.2) is 0 Å². The second-order valence-corrected chi connectivity index (χ2v) is 7.72. The van der Waals surface area contributed by atoms with E-state index in [1.807, 2.05) is 0 Å². The van der Waals surface area contributed by atoms with E-state index in [1.165, 1.54) is 50.4 Å². The Morgan fingerprint density at radius 1 is 1.21 bits per heavy atom. The summed E-state index contributed by atoms with van der Waals surface area (Å²) in [5.74, 6) is -0.646. The minimum absolute atomic E-state index is 0.00903. The van der Waals surface area contributed by atoms with Gasteiger partial charge in [0, 0.05) is 13.1 Å². The number of hydrogen-bond acceptors (Lipinski definition) is 6. The van der Waals surface area contributed by atoms with Crippen molar-refractivity contribution in [3.8, 4) is 11.8 Å². The smallest absolute Gasteiger partial charge is 0.241 e. The average molecular weight is 420 g/mol. The maximum Gasteiger partial charge on any atom is 0.241 e. The van der Waals surface area contributed by atoms with Crippen molar-refractivity contribution in [3.05, 3.63) is 53.8 Å². The van der Waals surface area contributed by atoms with Crippen LogP contribution in [0.2, 0.25) is 0 Å². The fourth-order valence-electron chi connectivity index (χ4n) is 2.43. The predicted molar refractivity (Wildman–Crippen MR) is 105 cm³/mol. The Morgan fingerprint density at radius 2 is 1.90 bits per heavy atom. The van der Waals surface area contributed by atoms with Crippen molar-refractivity contribution in [1.82, 2.24) is 10.0 Å². The fraction of sp³-hybridized carbons (Fsp3) is 0.263. The first-order valence-corrected chi connectivity index (χ1v) is 10.1. The van der Waals surface area contributed by atoms with Crippen LogP contribution in [-0.4, -0.2) is 40.6 Å². The second kappa shape index (κ2) is 9.86. The lowest BCUT2D eigenvalue weighted by atomic mass is 10.2. The molecule has 0 heterocycles. The van der Waals surface area contributed by atoms with Gasteiger partial charge in [-0.25, -0.2) is 12.8 Å². The molecule has 0 saturated heterocycles. The van der Waals surface area contributed by atoms with Gasteiger partial charge in [0.1, 0.15) is 23.2 Å². The Labute approximate surface area is 168 Å². The number of nitriles is 1. The SMILES string of the molecule is COc1ccc(S(=O)(=O)N[C@@H](C)C(=O)NCCNc2cccc(F)c2C#N)cc1. The van der Waals surface area contributed by atoms with Crippen molar-refractivity contribution >= 4 is 21.6 Å². The summed E-state index contributed by atoms with van der Waals surface area (Å²) >= 11 is 0. The quantitative estimate of drug-likeness (QED) is 0.530. The lowest BCUT2D eigenvalue weighted by Crippen LogP contribution is -2.45. The minimum atomic E-state index is -3.88. The van der Waals surface area contributed by atoms with Crippen LogP contribution < -0.4 is 20.1 Å². The topological polar surface area (TPSA) is 120 Å². The summed E-state index contributed by atoms with van der Waals surface area (Å²) in [6, 6.07) is 10.7. The minimum Gasteiger partial charge on any atom is -0.497 e. The highest BCUT2D eigenvalue weighted by atomic mass is 32.2. The summed E-state index contributed by atoms with van der Waals surface area (Å²) in [6.45, 7) is 1.79. The van der Waals surface area contributed by atoms with Gasteiger partial charge in [-0.05, 0) is 43.3 Å². The number of halogens is 1. The molecule has 2 aromatic carbocycles. The molecule has 0 spiro atoms. The number of ether oxygens (including phenoxy) is 1. The Hall–Kier alpha value is -3.16. The van der Waals surface area contributed by atoms with Crippen LogP contribution >= 0.6 is 0 Å². The molecular weight excluding hydrogens is 399 g/mol. The zero-order valence-electron chi connectivity index (χ0n) is 15.9. The molecule has 3 N–H and O–H groups in total. The maximum absolute atomic E-state index is 13.5. The number of carbonyl (C=O) groups is 1. The number of anilines is 1. The number of nitrogens with one attached hydrogen (secondary N) is 3. The molecule has 8 nitrogen and oxygen atoms in total. The average Bonchev–Trinajstić information content (AvgIpc) is 2.70. The molecule has 2 aromatic rings. The van der Waals surface area contributed by atoms with E-state index < -0.39 is 27.8 Å². The number of carbonyl (C=O) groups excluding carboxylic acids is 1. The van der Waals surface area contributed by atoms with E-state index in [0.29, 0.717) is 11.4 Å². The van der Waals surface area contributed by atoms with Gasteiger partial charge < -0.3 is 15.4 Å². The molecule has 0 radical (unpaired) electrons. The van der Waals surface area contributed by atoms with Crippen LogP contribution in [0, 0.1) is 17.1 Å². The third-order valence-corrected chi connectivity index (χ3v) is 5.52. The fourth-order valence-corrected chi connectivity index (χ4v) is 3.63. The zero-order chi connectivity index (χ0) is 21.4. The van der Waals surface area contributed by atoms with E-state index in [2.05, 4.69) is 15.4 Å². The number of rotatable bonds is 9. The molecule has 0 unspecified atom stereocenters. The molecule has 29 heavy (non-hydrogen) atoms. The molecule has 1 atom stereocenters. The highest BCUT2D eigenvalue weighted by Crippen LogP contribution is 2.17. The van der Waals surface area contributed by atoms with E-state index in [0.717, 1.165) is 0 Å². The summed E-state index contributed by atoms with van der Waals surface area (Å²) in [4.78, 5) is 12.2. The Morgan fingerprint density at radius 3 is 2.52 bits per heavy atom. The number of nitrogens with zero attached hydrogens (tertiary/aromatic N) is 1. The Bertz CT molecular complexity index is 1000. The Balaban J connectivity index is 1.86. The molecular formula is C19H21FN4O4S. The molecule has 154 valence electrons. The van der Waals surface area contributed by atoms with E-state index in [4.69, 9.17) is 10.00 Å². The van der Waals surface area contributed by atoms with E-state index in [9.17, 15) is 17.6 Å². The Kier molecular flexibility index (Phi) is 7.52. The molecule has 0 saturated carbocycles. The van der Waals surface area contributed by atoms with Gasteiger partial charge in [-0.2, -0.15) is 9.98 Å². The number of methoxy groups -OCH3 is 1. The molecule has 10 heteroatoms. The molecule has 2 rings (SSSR count). The van der Waals surface area contributed by atoms with Gasteiger partial charge in [0.05, 0.1) is 23.7 Å². The number of hydrogen-bond donors (Lipinski definition) is 3. The van der Waals surface area contributed by atoms with Crippen LogP contribution in [0.3, 0.4) is 0 Å². The monoisotopic (exact) mass is 420 g/mol. The van der Waals surface area contributed by atoms with E-state index in [1.54, 1.807) is 12.1 Å². The van der Waals surface area contributed by atoms with Gasteiger partial charge in [-0.3, -0.25) is 4.79 Å². The third kappa shape index (κ3) is 5.91. The van der Waals surface area contributed by atoms with Gasteiger partial charge in [0.25, 0.3) is 0 Å². The zero-order valence-corrected chi connectivity index (χ0v) is 16.7. The van der Waals surface area contributed by atoms with Crippen molar-refractivity contribution < 1.29 is 22.3 Å². The van der Waals surface area contributed by atoms with E-state index in [-0.39, 0.29) is 23.5 Å². The molecule has 0 fully saturated rings. The molecule has 0 aliphatic heterocycles. The summed E-state index contributed by atoms with van der Waals surface area (Å²) in [7, 11) is -2.41. The third-order valence-electron chi connectivity index (χ3n) is 3.96.